The van der Waals surface area contributed by atoms with E-state index in [1.807, 2.05) is 11.0 Å². The molecule has 10 heteroatoms. The fourth-order valence-electron chi connectivity index (χ4n) is 2.74. The zero-order chi connectivity index (χ0) is 20.0. The van der Waals surface area contributed by atoms with E-state index in [2.05, 4.69) is 31.4 Å². The summed E-state index contributed by atoms with van der Waals surface area (Å²) in [6.07, 6.45) is 3.12. The summed E-state index contributed by atoms with van der Waals surface area (Å²) in [5, 5.41) is 3.88. The number of rotatable bonds is 6. The number of hydrogen-bond acceptors (Lipinski definition) is 6. The molecule has 0 bridgehead atoms. The number of hydrazone groups is 1. The van der Waals surface area contributed by atoms with Crippen LogP contribution in [0.2, 0.25) is 0 Å². The molecule has 2 heterocycles. The molecule has 0 radical (unpaired) electrons. The Kier molecular flexibility index (Phi) is 6.89. The molecule has 1 aliphatic rings. The first kappa shape index (κ1) is 20.6. The first-order valence-corrected chi connectivity index (χ1v) is 10.9. The van der Waals surface area contributed by atoms with Crippen molar-refractivity contribution in [1.82, 2.24) is 19.6 Å². The number of carbonyl (C=O) groups excluding carboxylic acids is 1. The van der Waals surface area contributed by atoms with Crippen molar-refractivity contribution in [2.75, 3.05) is 32.7 Å². The smallest absolute Gasteiger partial charge is 0.254 e. The van der Waals surface area contributed by atoms with Gasteiger partial charge in [0.05, 0.1) is 23.3 Å². The van der Waals surface area contributed by atoms with Crippen molar-refractivity contribution < 1.29 is 13.2 Å². The van der Waals surface area contributed by atoms with Crippen LogP contribution < -0.4 is 5.43 Å². The summed E-state index contributed by atoms with van der Waals surface area (Å²) in [4.78, 5) is 18.3. The average Bonchev–Trinajstić information content (AvgIpc) is 2.69. The molecule has 28 heavy (non-hydrogen) atoms. The standard InChI is InChI=1S/C18H20BrN5O3S/c19-15-4-6-17(7-5-15)28(26,27)24-11-9-23(10-12-24)14-18(25)22-21-13-16-3-1-2-8-20-16/h1-8,13H,9-12,14H2,(H,22,25)/b21-13+. The van der Waals surface area contributed by atoms with Gasteiger partial charge in [0.1, 0.15) is 0 Å². The molecule has 148 valence electrons. The Morgan fingerprint density at radius 2 is 1.86 bits per heavy atom. The highest BCUT2D eigenvalue weighted by molar-refractivity contribution is 9.10. The first-order valence-electron chi connectivity index (χ1n) is 8.66. The van der Waals surface area contributed by atoms with Crippen molar-refractivity contribution in [2.24, 2.45) is 5.10 Å². The molecular weight excluding hydrogens is 446 g/mol. The van der Waals surface area contributed by atoms with Gasteiger partial charge in [0.25, 0.3) is 5.91 Å². The molecule has 2 aromatic rings. The fourth-order valence-corrected chi connectivity index (χ4v) is 4.43. The van der Waals surface area contributed by atoms with Crippen molar-refractivity contribution in [3.05, 3.63) is 58.8 Å². The second-order valence-electron chi connectivity index (χ2n) is 6.18. The van der Waals surface area contributed by atoms with Crippen LogP contribution in [-0.4, -0.2) is 67.5 Å². The summed E-state index contributed by atoms with van der Waals surface area (Å²) in [6, 6.07) is 12.0. The third kappa shape index (κ3) is 5.44. The number of hydrogen-bond donors (Lipinski definition) is 1. The van der Waals surface area contributed by atoms with Crippen LogP contribution in [0.25, 0.3) is 0 Å². The van der Waals surface area contributed by atoms with Crippen LogP contribution in [0.3, 0.4) is 0 Å². The summed E-state index contributed by atoms with van der Waals surface area (Å²) in [7, 11) is -3.52. The molecule has 1 saturated heterocycles. The van der Waals surface area contributed by atoms with Crippen molar-refractivity contribution in [2.45, 2.75) is 4.90 Å². The van der Waals surface area contributed by atoms with E-state index in [9.17, 15) is 13.2 Å². The average molecular weight is 466 g/mol. The molecule has 1 aromatic heterocycles. The number of benzene rings is 1. The van der Waals surface area contributed by atoms with Gasteiger partial charge in [0.15, 0.2) is 0 Å². The highest BCUT2D eigenvalue weighted by Gasteiger charge is 2.28. The SMILES string of the molecule is O=C(CN1CCN(S(=O)(=O)c2ccc(Br)cc2)CC1)N/N=C/c1ccccn1. The number of pyridine rings is 1. The summed E-state index contributed by atoms with van der Waals surface area (Å²) < 4.78 is 27.7. The predicted octanol–water partition coefficient (Wildman–Crippen LogP) is 1.30. The highest BCUT2D eigenvalue weighted by Crippen LogP contribution is 2.20. The van der Waals surface area contributed by atoms with Crippen molar-refractivity contribution >= 4 is 38.1 Å². The number of carbonyl (C=O) groups is 1. The molecule has 0 saturated carbocycles. The zero-order valence-corrected chi connectivity index (χ0v) is 17.4. The van der Waals surface area contributed by atoms with Gasteiger partial charge in [-0.15, -0.1) is 0 Å². The summed E-state index contributed by atoms with van der Waals surface area (Å²) in [5.41, 5.74) is 3.11. The second kappa shape index (κ2) is 9.37. The number of sulfonamides is 1. The topological polar surface area (TPSA) is 95.0 Å². The van der Waals surface area contributed by atoms with Gasteiger partial charge in [-0.25, -0.2) is 13.8 Å². The van der Waals surface area contributed by atoms with Crippen LogP contribution in [0, 0.1) is 0 Å². The van der Waals surface area contributed by atoms with E-state index in [1.165, 1.54) is 10.5 Å². The van der Waals surface area contributed by atoms with Gasteiger partial charge >= 0.3 is 0 Å². The number of nitrogens with one attached hydrogen (secondary N) is 1. The Balaban J connectivity index is 1.48. The predicted molar refractivity (Wildman–Crippen MR) is 109 cm³/mol. The van der Waals surface area contributed by atoms with Crippen molar-refractivity contribution in [3.8, 4) is 0 Å². The van der Waals surface area contributed by atoms with Crippen LogP contribution in [0.15, 0.2) is 63.1 Å². The Labute approximate surface area is 172 Å². The third-order valence-electron chi connectivity index (χ3n) is 4.22. The minimum atomic E-state index is -3.52. The first-order chi connectivity index (χ1) is 13.4. The Morgan fingerprint density at radius 3 is 2.50 bits per heavy atom. The van der Waals surface area contributed by atoms with Crippen molar-refractivity contribution in [1.29, 1.82) is 0 Å². The number of amides is 1. The number of halogens is 1. The van der Waals surface area contributed by atoms with Crippen LogP contribution in [0.5, 0.6) is 0 Å². The molecular formula is C18H20BrN5O3S. The molecule has 1 N–H and O–H groups in total. The van der Waals surface area contributed by atoms with Gasteiger partial charge in [-0.3, -0.25) is 14.7 Å². The maximum atomic E-state index is 12.7. The van der Waals surface area contributed by atoms with Crippen LogP contribution in [0.4, 0.5) is 0 Å². The summed E-state index contributed by atoms with van der Waals surface area (Å²) in [5.74, 6) is -0.253. The van der Waals surface area contributed by atoms with Gasteiger partial charge in [-0.05, 0) is 36.4 Å². The lowest BCUT2D eigenvalue weighted by atomic mass is 10.3. The molecule has 1 aromatic carbocycles. The lowest BCUT2D eigenvalue weighted by molar-refractivity contribution is -0.122. The van der Waals surface area contributed by atoms with Crippen LogP contribution >= 0.6 is 15.9 Å². The van der Waals surface area contributed by atoms with Gasteiger partial charge in [0.2, 0.25) is 10.0 Å². The van der Waals surface area contributed by atoms with E-state index in [0.717, 1.165) is 4.47 Å². The molecule has 3 rings (SSSR count). The van der Waals surface area contributed by atoms with E-state index < -0.39 is 10.0 Å². The lowest BCUT2D eigenvalue weighted by Gasteiger charge is -2.33. The summed E-state index contributed by atoms with van der Waals surface area (Å²) >= 11 is 3.30. The minimum Gasteiger partial charge on any atom is -0.292 e. The molecule has 1 aliphatic heterocycles. The zero-order valence-electron chi connectivity index (χ0n) is 15.0. The number of piperazine rings is 1. The normalized spacial score (nSPS) is 16.3. The van der Waals surface area contributed by atoms with Gasteiger partial charge in [-0.1, -0.05) is 22.0 Å². The number of aromatic nitrogens is 1. The maximum Gasteiger partial charge on any atom is 0.254 e. The third-order valence-corrected chi connectivity index (χ3v) is 6.67. The molecule has 0 unspecified atom stereocenters. The van der Waals surface area contributed by atoms with E-state index >= 15 is 0 Å². The maximum absolute atomic E-state index is 12.7. The van der Waals surface area contributed by atoms with Crippen LogP contribution in [-0.2, 0) is 14.8 Å². The van der Waals surface area contributed by atoms with E-state index in [1.54, 1.807) is 42.6 Å². The van der Waals surface area contributed by atoms with E-state index in [-0.39, 0.29) is 17.3 Å². The van der Waals surface area contributed by atoms with Gasteiger partial charge in [0, 0.05) is 36.8 Å². The van der Waals surface area contributed by atoms with Crippen molar-refractivity contribution in [3.63, 3.8) is 0 Å². The Hall–Kier alpha value is -2.14. The fraction of sp³-hybridized carbons (Fsp3) is 0.278. The monoisotopic (exact) mass is 465 g/mol. The van der Waals surface area contributed by atoms with Crippen LogP contribution in [0.1, 0.15) is 5.69 Å². The van der Waals surface area contributed by atoms with E-state index in [0.29, 0.717) is 31.9 Å². The largest absolute Gasteiger partial charge is 0.292 e. The van der Waals surface area contributed by atoms with Gasteiger partial charge in [-0.2, -0.15) is 9.41 Å². The van der Waals surface area contributed by atoms with E-state index in [4.69, 9.17) is 0 Å². The van der Waals surface area contributed by atoms with Gasteiger partial charge < -0.3 is 0 Å². The second-order valence-corrected chi connectivity index (χ2v) is 9.04. The highest BCUT2D eigenvalue weighted by atomic mass is 79.9. The number of nitrogens with zero attached hydrogens (tertiary/aromatic N) is 4. The summed E-state index contributed by atoms with van der Waals surface area (Å²) in [6.45, 7) is 1.79. The quantitative estimate of drug-likeness (QED) is 0.512. The Morgan fingerprint density at radius 1 is 1.14 bits per heavy atom. The molecule has 0 spiro atoms. The lowest BCUT2D eigenvalue weighted by Crippen LogP contribution is -2.50. The Bertz CT molecular complexity index is 927. The molecule has 1 fully saturated rings. The molecule has 1 amide bonds. The minimum absolute atomic E-state index is 0.158. The molecule has 0 atom stereocenters. The molecule has 0 aliphatic carbocycles. The molecule has 8 nitrogen and oxygen atoms in total.